The highest BCUT2D eigenvalue weighted by Crippen LogP contribution is 2.33. The third-order valence-electron chi connectivity index (χ3n) is 3.78. The Hall–Kier alpha value is -0.0300. The molecule has 1 aliphatic rings. The molecule has 1 aromatic carbocycles. The third-order valence-corrected chi connectivity index (χ3v) is 5.60. The molecule has 1 fully saturated rings. The number of benzene rings is 1. The fourth-order valence-corrected chi connectivity index (χ4v) is 4.39. The van der Waals surface area contributed by atoms with Crippen molar-refractivity contribution >= 4 is 27.7 Å². The summed E-state index contributed by atoms with van der Waals surface area (Å²) in [6, 6.07) is 6.61. The Bertz CT molecular complexity index is 407. The summed E-state index contributed by atoms with van der Waals surface area (Å²) in [7, 11) is 1.74. The number of nitrogens with one attached hydrogen (secondary N) is 1. The molecule has 0 aromatic heterocycles. The van der Waals surface area contributed by atoms with E-state index in [1.165, 1.54) is 46.4 Å². The average molecular weight is 358 g/mol. The first kappa shape index (κ1) is 16.3. The number of rotatable bonds is 8. The van der Waals surface area contributed by atoms with Gasteiger partial charge >= 0.3 is 0 Å². The monoisotopic (exact) mass is 357 g/mol. The Morgan fingerprint density at radius 1 is 1.35 bits per heavy atom. The smallest absolute Gasteiger partial charge is 0.0587 e. The molecule has 0 bridgehead atoms. The maximum absolute atomic E-state index is 5.07. The summed E-state index contributed by atoms with van der Waals surface area (Å²) in [4.78, 5) is 1.41. The first-order valence-corrected chi connectivity index (χ1v) is 9.18. The van der Waals surface area contributed by atoms with Gasteiger partial charge < -0.3 is 10.1 Å². The molecular formula is C16H24BrNOS. The maximum Gasteiger partial charge on any atom is 0.0587 e. The van der Waals surface area contributed by atoms with Crippen LogP contribution in [0.4, 0.5) is 0 Å². The van der Waals surface area contributed by atoms with E-state index in [2.05, 4.69) is 39.4 Å². The summed E-state index contributed by atoms with van der Waals surface area (Å²) in [5.74, 6) is 2.19. The van der Waals surface area contributed by atoms with Crippen LogP contribution in [-0.4, -0.2) is 26.0 Å². The number of hydrogen-bond acceptors (Lipinski definition) is 3. The highest BCUT2D eigenvalue weighted by Gasteiger charge is 2.15. The second-order valence-corrected chi connectivity index (χ2v) is 7.36. The van der Waals surface area contributed by atoms with Gasteiger partial charge in [-0.05, 0) is 36.5 Å². The van der Waals surface area contributed by atoms with E-state index in [9.17, 15) is 0 Å². The van der Waals surface area contributed by atoms with E-state index < -0.39 is 0 Å². The van der Waals surface area contributed by atoms with E-state index in [0.29, 0.717) is 0 Å². The lowest BCUT2D eigenvalue weighted by Gasteiger charge is -2.13. The summed E-state index contributed by atoms with van der Waals surface area (Å²) in [6.07, 6.45) is 5.69. The molecule has 4 heteroatoms. The van der Waals surface area contributed by atoms with Crippen LogP contribution in [0.1, 0.15) is 31.2 Å². The van der Waals surface area contributed by atoms with Crippen LogP contribution in [0.3, 0.4) is 0 Å². The molecule has 0 atom stereocenters. The molecule has 20 heavy (non-hydrogen) atoms. The number of ether oxygens (including phenoxy) is 1. The van der Waals surface area contributed by atoms with E-state index >= 15 is 0 Å². The van der Waals surface area contributed by atoms with Crippen LogP contribution in [0.15, 0.2) is 27.6 Å². The Morgan fingerprint density at radius 3 is 2.90 bits per heavy atom. The van der Waals surface area contributed by atoms with Crippen molar-refractivity contribution in [3.63, 3.8) is 0 Å². The normalized spacial score (nSPS) is 15.9. The second-order valence-electron chi connectivity index (χ2n) is 5.38. The van der Waals surface area contributed by atoms with Gasteiger partial charge in [0.2, 0.25) is 0 Å². The van der Waals surface area contributed by atoms with E-state index in [0.717, 1.165) is 25.6 Å². The summed E-state index contributed by atoms with van der Waals surface area (Å²) < 4.78 is 6.24. The average Bonchev–Trinajstić information content (AvgIpc) is 2.96. The molecule has 1 N–H and O–H groups in total. The zero-order valence-corrected chi connectivity index (χ0v) is 14.6. The highest BCUT2D eigenvalue weighted by molar-refractivity contribution is 9.10. The van der Waals surface area contributed by atoms with Crippen LogP contribution in [-0.2, 0) is 11.3 Å². The van der Waals surface area contributed by atoms with Crippen LogP contribution in [0.25, 0.3) is 0 Å². The molecule has 0 heterocycles. The molecule has 2 nitrogen and oxygen atoms in total. The minimum absolute atomic E-state index is 0.765. The van der Waals surface area contributed by atoms with Gasteiger partial charge in [-0.2, -0.15) is 0 Å². The van der Waals surface area contributed by atoms with E-state index in [1.807, 2.05) is 11.8 Å². The minimum atomic E-state index is 0.765. The number of halogens is 1. The van der Waals surface area contributed by atoms with Crippen LogP contribution in [0, 0.1) is 5.92 Å². The van der Waals surface area contributed by atoms with Gasteiger partial charge in [0.15, 0.2) is 0 Å². The van der Waals surface area contributed by atoms with Gasteiger partial charge in [0, 0.05) is 35.3 Å². The molecule has 1 aromatic rings. The van der Waals surface area contributed by atoms with Crippen molar-refractivity contribution in [2.45, 2.75) is 37.1 Å². The predicted molar refractivity (Wildman–Crippen MR) is 90.4 cm³/mol. The van der Waals surface area contributed by atoms with Crippen LogP contribution in [0.2, 0.25) is 0 Å². The number of hydrogen-bond donors (Lipinski definition) is 1. The summed E-state index contributed by atoms with van der Waals surface area (Å²) in [6.45, 7) is 2.59. The Labute approximate surface area is 135 Å². The zero-order valence-electron chi connectivity index (χ0n) is 12.2. The van der Waals surface area contributed by atoms with Gasteiger partial charge in [-0.15, -0.1) is 11.8 Å². The SMILES string of the molecule is COCCNCc1ccc(Br)cc1SCC1CCCC1. The van der Waals surface area contributed by atoms with Crippen molar-refractivity contribution in [1.82, 2.24) is 5.32 Å². The summed E-state index contributed by atoms with van der Waals surface area (Å²) in [5.41, 5.74) is 1.40. The predicted octanol–water partition coefficient (Wildman–Crippen LogP) is 4.47. The van der Waals surface area contributed by atoms with Crippen molar-refractivity contribution in [3.8, 4) is 0 Å². The van der Waals surface area contributed by atoms with Crippen molar-refractivity contribution in [2.75, 3.05) is 26.0 Å². The van der Waals surface area contributed by atoms with Crippen molar-refractivity contribution in [1.29, 1.82) is 0 Å². The Kier molecular flexibility index (Phi) is 7.42. The summed E-state index contributed by atoms with van der Waals surface area (Å²) >= 11 is 5.61. The van der Waals surface area contributed by atoms with Crippen molar-refractivity contribution < 1.29 is 4.74 Å². The van der Waals surface area contributed by atoms with E-state index in [-0.39, 0.29) is 0 Å². The fourth-order valence-electron chi connectivity index (χ4n) is 2.59. The fraction of sp³-hybridized carbons (Fsp3) is 0.625. The van der Waals surface area contributed by atoms with Crippen LogP contribution >= 0.6 is 27.7 Å². The molecule has 112 valence electrons. The third kappa shape index (κ3) is 5.40. The quantitative estimate of drug-likeness (QED) is 0.547. The molecule has 2 rings (SSSR count). The molecule has 1 aliphatic carbocycles. The molecule has 0 saturated heterocycles. The van der Waals surface area contributed by atoms with Gasteiger partial charge in [0.1, 0.15) is 0 Å². The van der Waals surface area contributed by atoms with Gasteiger partial charge in [-0.1, -0.05) is 34.8 Å². The first-order valence-electron chi connectivity index (χ1n) is 7.40. The first-order chi connectivity index (χ1) is 9.79. The Balaban J connectivity index is 1.88. The molecule has 0 spiro atoms. The molecular weight excluding hydrogens is 334 g/mol. The van der Waals surface area contributed by atoms with E-state index in [4.69, 9.17) is 4.74 Å². The topological polar surface area (TPSA) is 21.3 Å². The molecule has 0 unspecified atom stereocenters. The van der Waals surface area contributed by atoms with Crippen molar-refractivity contribution in [2.24, 2.45) is 5.92 Å². The maximum atomic E-state index is 5.07. The zero-order chi connectivity index (χ0) is 14.2. The lowest BCUT2D eigenvalue weighted by atomic mass is 10.1. The summed E-state index contributed by atoms with van der Waals surface area (Å²) in [5, 5.41) is 3.44. The minimum Gasteiger partial charge on any atom is -0.383 e. The lowest BCUT2D eigenvalue weighted by Crippen LogP contribution is -2.19. The number of thioether (sulfide) groups is 1. The molecule has 1 saturated carbocycles. The van der Waals surface area contributed by atoms with Gasteiger partial charge in [-0.3, -0.25) is 0 Å². The molecule has 0 aliphatic heterocycles. The van der Waals surface area contributed by atoms with Crippen LogP contribution in [0.5, 0.6) is 0 Å². The van der Waals surface area contributed by atoms with Gasteiger partial charge in [-0.25, -0.2) is 0 Å². The molecule has 0 amide bonds. The van der Waals surface area contributed by atoms with Gasteiger partial charge in [0.05, 0.1) is 6.61 Å². The second kappa shape index (κ2) is 9.08. The van der Waals surface area contributed by atoms with Crippen LogP contribution < -0.4 is 5.32 Å². The number of methoxy groups -OCH3 is 1. The van der Waals surface area contributed by atoms with E-state index in [1.54, 1.807) is 7.11 Å². The largest absolute Gasteiger partial charge is 0.383 e. The Morgan fingerprint density at radius 2 is 2.15 bits per heavy atom. The highest BCUT2D eigenvalue weighted by atomic mass is 79.9. The molecule has 0 radical (unpaired) electrons. The lowest BCUT2D eigenvalue weighted by molar-refractivity contribution is 0.199. The standard InChI is InChI=1S/C16H24BrNOS/c1-19-9-8-18-11-14-6-7-15(17)10-16(14)20-12-13-4-2-3-5-13/h6-7,10,13,18H,2-5,8-9,11-12H2,1H3. The van der Waals surface area contributed by atoms with Crippen molar-refractivity contribution in [3.05, 3.63) is 28.2 Å². The van der Waals surface area contributed by atoms with Gasteiger partial charge in [0.25, 0.3) is 0 Å².